The third-order valence-corrected chi connectivity index (χ3v) is 2.03. The van der Waals surface area contributed by atoms with Crippen LogP contribution in [0.15, 0.2) is 24.3 Å². The third-order valence-electron chi connectivity index (χ3n) is 2.03. The van der Waals surface area contributed by atoms with Crippen LogP contribution in [0.5, 0.6) is 5.75 Å². The van der Waals surface area contributed by atoms with Crippen LogP contribution in [0.25, 0.3) is 0 Å². The van der Waals surface area contributed by atoms with Gasteiger partial charge in [-0.1, -0.05) is 25.5 Å². The summed E-state index contributed by atoms with van der Waals surface area (Å²) in [6.07, 6.45) is 2.28. The Labute approximate surface area is 85.1 Å². The minimum atomic E-state index is 0.175. The second-order valence-electron chi connectivity index (χ2n) is 3.33. The zero-order valence-corrected chi connectivity index (χ0v) is 8.66. The first-order valence-electron chi connectivity index (χ1n) is 4.93. The quantitative estimate of drug-likeness (QED) is 0.729. The Morgan fingerprint density at radius 1 is 1.43 bits per heavy atom. The lowest BCUT2D eigenvalue weighted by Crippen LogP contribution is -2.11. The van der Waals surface area contributed by atoms with E-state index in [4.69, 9.17) is 10.00 Å². The van der Waals surface area contributed by atoms with Crippen LogP contribution >= 0.6 is 0 Å². The Morgan fingerprint density at radius 2 is 2.14 bits per heavy atom. The van der Waals surface area contributed by atoms with E-state index in [1.54, 1.807) is 6.07 Å². The van der Waals surface area contributed by atoms with E-state index in [9.17, 15) is 0 Å². The van der Waals surface area contributed by atoms with Gasteiger partial charge in [-0.15, -0.1) is 0 Å². The summed E-state index contributed by atoms with van der Waals surface area (Å²) < 4.78 is 5.65. The van der Waals surface area contributed by atoms with Crippen LogP contribution in [0.1, 0.15) is 32.3 Å². The van der Waals surface area contributed by atoms with E-state index in [1.165, 1.54) is 0 Å². The van der Waals surface area contributed by atoms with Gasteiger partial charge in [0.05, 0.1) is 11.7 Å². The number of benzene rings is 1. The summed E-state index contributed by atoms with van der Waals surface area (Å²) in [5, 5.41) is 8.83. The molecule has 0 bridgehead atoms. The summed E-state index contributed by atoms with van der Waals surface area (Å²) in [4.78, 5) is 0. The fourth-order valence-corrected chi connectivity index (χ4v) is 1.34. The highest BCUT2D eigenvalue weighted by molar-refractivity contribution is 5.42. The zero-order chi connectivity index (χ0) is 10.4. The van der Waals surface area contributed by atoms with E-state index in [0.29, 0.717) is 11.3 Å². The highest BCUT2D eigenvalue weighted by Gasteiger charge is 2.06. The van der Waals surface area contributed by atoms with Gasteiger partial charge in [0.1, 0.15) is 11.8 Å². The first-order chi connectivity index (χ1) is 6.77. The fraction of sp³-hybridized carbons (Fsp3) is 0.417. The zero-order valence-electron chi connectivity index (χ0n) is 8.66. The molecule has 0 saturated heterocycles. The molecule has 0 aliphatic rings. The van der Waals surface area contributed by atoms with E-state index in [-0.39, 0.29) is 6.10 Å². The Morgan fingerprint density at radius 3 is 2.79 bits per heavy atom. The maximum atomic E-state index is 8.83. The third kappa shape index (κ3) is 2.77. The Hall–Kier alpha value is -1.49. The molecule has 0 radical (unpaired) electrons. The molecule has 0 heterocycles. The van der Waals surface area contributed by atoms with Gasteiger partial charge >= 0.3 is 0 Å². The molecule has 74 valence electrons. The number of nitrogens with zero attached hydrogens (tertiary/aromatic N) is 1. The summed E-state index contributed by atoms with van der Waals surface area (Å²) in [5.41, 5.74) is 0.607. The van der Waals surface area contributed by atoms with Crippen molar-refractivity contribution < 1.29 is 4.74 Å². The maximum Gasteiger partial charge on any atom is 0.137 e. The van der Waals surface area contributed by atoms with Crippen molar-refractivity contribution in [1.82, 2.24) is 0 Å². The molecule has 1 rings (SSSR count). The summed E-state index contributed by atoms with van der Waals surface area (Å²) in [7, 11) is 0. The molecule has 0 aromatic heterocycles. The van der Waals surface area contributed by atoms with E-state index >= 15 is 0 Å². The van der Waals surface area contributed by atoms with Gasteiger partial charge < -0.3 is 4.74 Å². The van der Waals surface area contributed by atoms with Crippen molar-refractivity contribution in [3.63, 3.8) is 0 Å². The molecule has 1 atom stereocenters. The van der Waals surface area contributed by atoms with Gasteiger partial charge in [-0.2, -0.15) is 5.26 Å². The molecule has 0 aliphatic heterocycles. The monoisotopic (exact) mass is 189 g/mol. The number of hydrogen-bond donors (Lipinski definition) is 0. The summed E-state index contributed by atoms with van der Waals surface area (Å²) in [6, 6.07) is 9.45. The van der Waals surface area contributed by atoms with Crippen LogP contribution in [-0.2, 0) is 0 Å². The first-order valence-corrected chi connectivity index (χ1v) is 4.93. The van der Waals surface area contributed by atoms with Crippen molar-refractivity contribution in [3.8, 4) is 11.8 Å². The molecule has 0 fully saturated rings. The van der Waals surface area contributed by atoms with Crippen molar-refractivity contribution in [2.75, 3.05) is 0 Å². The number of ether oxygens (including phenoxy) is 1. The van der Waals surface area contributed by atoms with Gasteiger partial charge in [0.25, 0.3) is 0 Å². The molecule has 14 heavy (non-hydrogen) atoms. The van der Waals surface area contributed by atoms with Gasteiger partial charge in [0.2, 0.25) is 0 Å². The fourth-order valence-electron chi connectivity index (χ4n) is 1.34. The number of para-hydroxylation sites is 1. The van der Waals surface area contributed by atoms with E-state index in [1.807, 2.05) is 25.1 Å². The molecule has 1 aromatic carbocycles. The molecular formula is C12H15NO. The summed E-state index contributed by atoms with van der Waals surface area (Å²) >= 11 is 0. The van der Waals surface area contributed by atoms with Gasteiger partial charge in [0, 0.05) is 0 Å². The average Bonchev–Trinajstić information content (AvgIpc) is 2.19. The molecule has 0 N–H and O–H groups in total. The predicted molar refractivity (Wildman–Crippen MR) is 56.2 cm³/mol. The molecule has 0 spiro atoms. The first kappa shape index (κ1) is 10.6. The highest BCUT2D eigenvalue weighted by atomic mass is 16.5. The lowest BCUT2D eigenvalue weighted by atomic mass is 10.2. The molecule has 0 aliphatic carbocycles. The molecule has 2 heteroatoms. The predicted octanol–water partition coefficient (Wildman–Crippen LogP) is 3.13. The average molecular weight is 189 g/mol. The van der Waals surface area contributed by atoms with Crippen molar-refractivity contribution >= 4 is 0 Å². The summed E-state index contributed by atoms with van der Waals surface area (Å²) in [6.45, 7) is 4.15. The smallest absolute Gasteiger partial charge is 0.137 e. The van der Waals surface area contributed by atoms with E-state index < -0.39 is 0 Å². The van der Waals surface area contributed by atoms with Gasteiger partial charge in [-0.25, -0.2) is 0 Å². The molecule has 0 saturated carbocycles. The van der Waals surface area contributed by atoms with Gasteiger partial charge in [-0.05, 0) is 25.5 Å². The van der Waals surface area contributed by atoms with E-state index in [0.717, 1.165) is 12.8 Å². The Kier molecular flexibility index (Phi) is 4.00. The van der Waals surface area contributed by atoms with Crippen molar-refractivity contribution in [1.29, 1.82) is 5.26 Å². The van der Waals surface area contributed by atoms with Crippen LogP contribution < -0.4 is 4.74 Å². The second-order valence-corrected chi connectivity index (χ2v) is 3.33. The van der Waals surface area contributed by atoms with Crippen LogP contribution in [0.3, 0.4) is 0 Å². The van der Waals surface area contributed by atoms with Gasteiger partial charge in [0.15, 0.2) is 0 Å². The lowest BCUT2D eigenvalue weighted by Gasteiger charge is -2.14. The van der Waals surface area contributed by atoms with Crippen LogP contribution in [0, 0.1) is 11.3 Å². The Balaban J connectivity index is 2.71. The molecule has 1 unspecified atom stereocenters. The van der Waals surface area contributed by atoms with Crippen LogP contribution in [0.4, 0.5) is 0 Å². The number of rotatable bonds is 4. The SMILES string of the molecule is CCCC(C)Oc1ccccc1C#N. The molecular weight excluding hydrogens is 174 g/mol. The van der Waals surface area contributed by atoms with Crippen molar-refractivity contribution in [2.24, 2.45) is 0 Å². The normalized spacial score (nSPS) is 11.8. The highest BCUT2D eigenvalue weighted by Crippen LogP contribution is 2.19. The van der Waals surface area contributed by atoms with Crippen molar-refractivity contribution in [2.45, 2.75) is 32.8 Å². The number of hydrogen-bond acceptors (Lipinski definition) is 2. The number of nitriles is 1. The van der Waals surface area contributed by atoms with Crippen LogP contribution in [0.2, 0.25) is 0 Å². The molecule has 1 aromatic rings. The summed E-state index contributed by atoms with van der Waals surface area (Å²) in [5.74, 6) is 0.691. The Bertz CT molecular complexity index is 327. The van der Waals surface area contributed by atoms with Gasteiger partial charge in [-0.3, -0.25) is 0 Å². The minimum absolute atomic E-state index is 0.175. The van der Waals surface area contributed by atoms with Crippen molar-refractivity contribution in [3.05, 3.63) is 29.8 Å². The maximum absolute atomic E-state index is 8.83. The topological polar surface area (TPSA) is 33.0 Å². The lowest BCUT2D eigenvalue weighted by molar-refractivity contribution is 0.209. The molecule has 2 nitrogen and oxygen atoms in total. The largest absolute Gasteiger partial charge is 0.489 e. The van der Waals surface area contributed by atoms with Crippen LogP contribution in [-0.4, -0.2) is 6.10 Å². The standard InChI is InChI=1S/C12H15NO/c1-3-6-10(2)14-12-8-5-4-7-11(12)9-13/h4-5,7-8,10H,3,6H2,1-2H3. The minimum Gasteiger partial charge on any atom is -0.489 e. The molecule has 0 amide bonds. The second kappa shape index (κ2) is 5.29. The van der Waals surface area contributed by atoms with E-state index in [2.05, 4.69) is 13.0 Å².